The third-order valence-corrected chi connectivity index (χ3v) is 4.34. The van der Waals surface area contributed by atoms with Crippen molar-refractivity contribution in [2.45, 2.75) is 51.2 Å². The van der Waals surface area contributed by atoms with E-state index < -0.39 is 18.3 Å². The van der Waals surface area contributed by atoms with Crippen LogP contribution in [0.2, 0.25) is 0 Å². The van der Waals surface area contributed by atoms with Gasteiger partial charge < -0.3 is 9.47 Å². The minimum absolute atomic E-state index is 0.0735. The molecule has 4 atom stereocenters. The second-order valence-corrected chi connectivity index (χ2v) is 6.11. The molecule has 0 saturated carbocycles. The first kappa shape index (κ1) is 18.3. The van der Waals surface area contributed by atoms with E-state index in [1.54, 1.807) is 0 Å². The first-order valence-corrected chi connectivity index (χ1v) is 8.13. The van der Waals surface area contributed by atoms with Gasteiger partial charge in [-0.1, -0.05) is 35.4 Å². The summed E-state index contributed by atoms with van der Waals surface area (Å²) in [5.41, 5.74) is 9.87. The van der Waals surface area contributed by atoms with Gasteiger partial charge in [0.25, 0.3) is 0 Å². The number of carbonyl (C=O) groups excluding carboxylic acids is 1. The highest BCUT2D eigenvalue weighted by atomic mass is 16.7. The van der Waals surface area contributed by atoms with E-state index in [0.717, 1.165) is 6.42 Å². The first-order chi connectivity index (χ1) is 11.5. The number of hydrogen-bond donors (Lipinski definition) is 0. The number of rotatable bonds is 6. The Kier molecular flexibility index (Phi) is 6.61. The van der Waals surface area contributed by atoms with Crippen LogP contribution in [0.4, 0.5) is 0 Å². The number of likely N-dealkylation sites (N-methyl/N-ethyl adjacent to an activating group) is 1. The van der Waals surface area contributed by atoms with Gasteiger partial charge in [-0.25, -0.2) is 0 Å². The minimum Gasteiger partial charge on any atom is -0.435 e. The molecule has 0 spiro atoms. The van der Waals surface area contributed by atoms with Gasteiger partial charge in [0, 0.05) is 24.4 Å². The maximum Gasteiger partial charge on any atom is 0.304 e. The lowest BCUT2D eigenvalue weighted by Gasteiger charge is -2.36. The molecule has 1 heterocycles. The molecular weight excluding hydrogens is 308 g/mol. The second-order valence-electron chi connectivity index (χ2n) is 6.11. The Labute approximate surface area is 142 Å². The fourth-order valence-corrected chi connectivity index (χ4v) is 2.89. The van der Waals surface area contributed by atoms with Crippen molar-refractivity contribution in [3.8, 4) is 0 Å². The number of esters is 1. The lowest BCUT2D eigenvalue weighted by atomic mass is 10.0. The number of benzene rings is 1. The Balaban J connectivity index is 1.97. The van der Waals surface area contributed by atoms with Gasteiger partial charge in [0.05, 0.1) is 6.10 Å². The van der Waals surface area contributed by atoms with Crippen molar-refractivity contribution in [3.63, 3.8) is 0 Å². The zero-order valence-electron chi connectivity index (χ0n) is 14.3. The van der Waals surface area contributed by atoms with Crippen molar-refractivity contribution < 1.29 is 14.3 Å². The van der Waals surface area contributed by atoms with Crippen molar-refractivity contribution in [1.29, 1.82) is 0 Å². The zero-order valence-corrected chi connectivity index (χ0v) is 14.3. The van der Waals surface area contributed by atoms with E-state index in [4.69, 9.17) is 15.0 Å². The third-order valence-electron chi connectivity index (χ3n) is 4.34. The summed E-state index contributed by atoms with van der Waals surface area (Å²) in [5, 5.41) is 3.68. The summed E-state index contributed by atoms with van der Waals surface area (Å²) in [6, 6.07) is 10.0. The fraction of sp³-hybridized carbons (Fsp3) is 0.588. The van der Waals surface area contributed by atoms with Crippen LogP contribution < -0.4 is 0 Å². The summed E-state index contributed by atoms with van der Waals surface area (Å²) in [6.07, 6.45) is 0.515. The van der Waals surface area contributed by atoms with Crippen LogP contribution in [0.3, 0.4) is 0 Å². The Morgan fingerprint density at radius 3 is 2.79 bits per heavy atom. The van der Waals surface area contributed by atoms with Crippen LogP contribution in [0.1, 0.15) is 38.3 Å². The summed E-state index contributed by atoms with van der Waals surface area (Å²) >= 11 is 0. The lowest BCUT2D eigenvalue weighted by Crippen LogP contribution is -2.44. The molecule has 0 unspecified atom stereocenters. The maximum absolute atomic E-state index is 11.2. The molecule has 130 valence electrons. The largest absolute Gasteiger partial charge is 0.435 e. The molecule has 0 bridgehead atoms. The quantitative estimate of drug-likeness (QED) is 0.345. The Morgan fingerprint density at radius 1 is 1.46 bits per heavy atom. The molecule has 1 aromatic carbocycles. The smallest absolute Gasteiger partial charge is 0.304 e. The van der Waals surface area contributed by atoms with Gasteiger partial charge in [0.2, 0.25) is 6.29 Å². The van der Waals surface area contributed by atoms with Crippen LogP contribution in [-0.4, -0.2) is 42.9 Å². The predicted molar refractivity (Wildman–Crippen MR) is 90.1 cm³/mol. The number of hydrogen-bond acceptors (Lipinski definition) is 5. The normalized spacial score (nSPS) is 24.9. The Hall–Kier alpha value is -2.08. The summed E-state index contributed by atoms with van der Waals surface area (Å²) in [7, 11) is 2.04. The van der Waals surface area contributed by atoms with Gasteiger partial charge in [-0.05, 0) is 37.9 Å². The zero-order chi connectivity index (χ0) is 17.5. The van der Waals surface area contributed by atoms with Gasteiger partial charge in [-0.3, -0.25) is 9.69 Å². The van der Waals surface area contributed by atoms with Crippen molar-refractivity contribution in [3.05, 3.63) is 46.3 Å². The van der Waals surface area contributed by atoms with E-state index in [0.29, 0.717) is 13.0 Å². The predicted octanol–water partition coefficient (Wildman–Crippen LogP) is 3.43. The average molecular weight is 332 g/mol. The van der Waals surface area contributed by atoms with Crippen LogP contribution in [0, 0.1) is 0 Å². The molecule has 7 heteroatoms. The number of nitrogens with zero attached hydrogens (tertiary/aromatic N) is 4. The number of carbonyl (C=O) groups is 1. The molecule has 7 nitrogen and oxygen atoms in total. The van der Waals surface area contributed by atoms with E-state index >= 15 is 0 Å². The van der Waals surface area contributed by atoms with E-state index in [1.165, 1.54) is 12.5 Å². The van der Waals surface area contributed by atoms with Crippen LogP contribution in [-0.2, 0) is 14.3 Å². The summed E-state index contributed by atoms with van der Waals surface area (Å²) in [4.78, 5) is 16.3. The summed E-state index contributed by atoms with van der Waals surface area (Å²) in [5.74, 6) is -0.440. The molecule has 0 aromatic heterocycles. The molecule has 24 heavy (non-hydrogen) atoms. The van der Waals surface area contributed by atoms with Gasteiger partial charge in [-0.15, -0.1) is 0 Å². The SMILES string of the molecule is CC(=O)O[C@@H]1O[C@H](CN(C)[C@H](C)c2ccccc2)CC[C@H]1N=[N+]=[N-]. The van der Waals surface area contributed by atoms with Crippen LogP contribution >= 0.6 is 0 Å². The topological polar surface area (TPSA) is 87.5 Å². The Morgan fingerprint density at radius 2 is 2.17 bits per heavy atom. The van der Waals surface area contributed by atoms with Crippen molar-refractivity contribution >= 4 is 5.97 Å². The summed E-state index contributed by atoms with van der Waals surface area (Å²) in [6.45, 7) is 4.17. The molecule has 0 radical (unpaired) electrons. The van der Waals surface area contributed by atoms with Crippen molar-refractivity contribution in [1.82, 2.24) is 4.90 Å². The highest BCUT2D eigenvalue weighted by molar-refractivity contribution is 5.66. The standard InChI is InChI=1S/C17H24N4O3/c1-12(14-7-5-4-6-8-14)21(3)11-15-9-10-16(19-20-18)17(24-15)23-13(2)22/h4-8,12,15-17H,9-11H2,1-3H3/t12-,15+,16-,17-/m1/s1. The Bertz CT molecular complexity index is 589. The van der Waals surface area contributed by atoms with E-state index in [1.807, 2.05) is 25.2 Å². The molecule has 1 aliphatic rings. The molecule has 1 aliphatic heterocycles. The molecule has 1 aromatic rings. The van der Waals surface area contributed by atoms with Crippen LogP contribution in [0.15, 0.2) is 35.4 Å². The van der Waals surface area contributed by atoms with Crippen LogP contribution in [0.5, 0.6) is 0 Å². The van der Waals surface area contributed by atoms with Gasteiger partial charge >= 0.3 is 5.97 Å². The van der Waals surface area contributed by atoms with Gasteiger partial charge in [0.1, 0.15) is 6.04 Å². The highest BCUT2D eigenvalue weighted by Gasteiger charge is 2.33. The highest BCUT2D eigenvalue weighted by Crippen LogP contribution is 2.26. The maximum atomic E-state index is 11.2. The first-order valence-electron chi connectivity index (χ1n) is 8.13. The van der Waals surface area contributed by atoms with Crippen molar-refractivity contribution in [2.24, 2.45) is 5.11 Å². The van der Waals surface area contributed by atoms with Crippen LogP contribution in [0.25, 0.3) is 10.4 Å². The van der Waals surface area contributed by atoms with Gasteiger partial charge in [-0.2, -0.15) is 0 Å². The molecular formula is C17H24N4O3. The number of azide groups is 1. The average Bonchev–Trinajstić information content (AvgIpc) is 2.57. The monoisotopic (exact) mass is 332 g/mol. The molecule has 0 N–H and O–H groups in total. The van der Waals surface area contributed by atoms with Gasteiger partial charge in [0.15, 0.2) is 0 Å². The minimum atomic E-state index is -0.808. The lowest BCUT2D eigenvalue weighted by molar-refractivity contribution is -0.208. The van der Waals surface area contributed by atoms with Crippen molar-refractivity contribution in [2.75, 3.05) is 13.6 Å². The molecule has 1 saturated heterocycles. The molecule has 1 fully saturated rings. The summed E-state index contributed by atoms with van der Waals surface area (Å²) < 4.78 is 11.0. The molecule has 2 rings (SSSR count). The molecule has 0 amide bonds. The number of ether oxygens (including phenoxy) is 2. The van der Waals surface area contributed by atoms with E-state index in [-0.39, 0.29) is 12.1 Å². The third kappa shape index (κ3) is 4.96. The van der Waals surface area contributed by atoms with E-state index in [2.05, 4.69) is 34.0 Å². The van der Waals surface area contributed by atoms with E-state index in [9.17, 15) is 4.79 Å². The second kappa shape index (κ2) is 8.68. The molecule has 0 aliphatic carbocycles. The fourth-order valence-electron chi connectivity index (χ4n) is 2.89.